The van der Waals surface area contributed by atoms with Crippen molar-refractivity contribution < 1.29 is 9.90 Å². The van der Waals surface area contributed by atoms with Crippen molar-refractivity contribution in [2.24, 2.45) is 0 Å². The second kappa shape index (κ2) is 6.69. The van der Waals surface area contributed by atoms with Gasteiger partial charge >= 0.3 is 0 Å². The number of rotatable bonds is 2. The SMILES string of the molecule is Cc1ccc(C#CCO)c(C(=O)Nc2cccc(C)n2)c1. The van der Waals surface area contributed by atoms with Crippen LogP contribution < -0.4 is 5.32 Å². The number of aliphatic hydroxyl groups excluding tert-OH is 1. The second-order valence-corrected chi connectivity index (χ2v) is 4.63. The smallest absolute Gasteiger partial charge is 0.258 e. The quantitative estimate of drug-likeness (QED) is 0.830. The molecule has 1 heterocycles. The number of hydrogen-bond acceptors (Lipinski definition) is 3. The van der Waals surface area contributed by atoms with Crippen molar-refractivity contribution in [1.29, 1.82) is 0 Å². The molecule has 0 spiro atoms. The van der Waals surface area contributed by atoms with Gasteiger partial charge in [0, 0.05) is 11.3 Å². The molecule has 1 aromatic heterocycles. The number of benzene rings is 1. The van der Waals surface area contributed by atoms with E-state index >= 15 is 0 Å². The summed E-state index contributed by atoms with van der Waals surface area (Å²) in [6.45, 7) is 3.53. The molecule has 1 aromatic carbocycles. The van der Waals surface area contributed by atoms with Crippen LogP contribution >= 0.6 is 0 Å². The highest BCUT2D eigenvalue weighted by Crippen LogP contribution is 2.13. The Bertz CT molecular complexity index is 727. The van der Waals surface area contributed by atoms with Crippen LogP contribution in [0.4, 0.5) is 5.82 Å². The molecule has 0 aliphatic carbocycles. The summed E-state index contributed by atoms with van der Waals surface area (Å²) < 4.78 is 0. The van der Waals surface area contributed by atoms with Gasteiger partial charge in [0.2, 0.25) is 0 Å². The number of pyridine rings is 1. The molecular formula is C17H16N2O2. The Morgan fingerprint density at radius 2 is 2.10 bits per heavy atom. The normalized spacial score (nSPS) is 9.67. The first-order valence-corrected chi connectivity index (χ1v) is 6.55. The van der Waals surface area contributed by atoms with Crippen molar-refractivity contribution in [2.45, 2.75) is 13.8 Å². The minimum Gasteiger partial charge on any atom is -0.384 e. The number of aryl methyl sites for hydroxylation is 2. The fourth-order valence-corrected chi connectivity index (χ4v) is 1.89. The molecule has 0 atom stereocenters. The van der Waals surface area contributed by atoms with Gasteiger partial charge in [0.1, 0.15) is 12.4 Å². The van der Waals surface area contributed by atoms with Crippen molar-refractivity contribution in [1.82, 2.24) is 4.98 Å². The number of amides is 1. The molecule has 2 aromatic rings. The number of nitrogens with zero attached hydrogens (tertiary/aromatic N) is 1. The van der Waals surface area contributed by atoms with E-state index in [0.717, 1.165) is 11.3 Å². The first kappa shape index (κ1) is 14.8. The Balaban J connectivity index is 2.32. The highest BCUT2D eigenvalue weighted by Gasteiger charge is 2.11. The minimum absolute atomic E-state index is 0.242. The van der Waals surface area contributed by atoms with Crippen molar-refractivity contribution >= 4 is 11.7 Å². The lowest BCUT2D eigenvalue weighted by Crippen LogP contribution is -2.15. The molecule has 21 heavy (non-hydrogen) atoms. The Morgan fingerprint density at radius 1 is 1.29 bits per heavy atom. The summed E-state index contributed by atoms with van der Waals surface area (Å²) in [5.41, 5.74) is 2.85. The Kier molecular flexibility index (Phi) is 4.70. The molecule has 4 heteroatoms. The minimum atomic E-state index is -0.265. The number of aromatic nitrogens is 1. The summed E-state index contributed by atoms with van der Waals surface area (Å²) >= 11 is 0. The zero-order valence-corrected chi connectivity index (χ0v) is 12.0. The van der Waals surface area contributed by atoms with Gasteiger partial charge in [0.15, 0.2) is 0 Å². The third kappa shape index (κ3) is 3.91. The van der Waals surface area contributed by atoms with Gasteiger partial charge in [-0.1, -0.05) is 29.5 Å². The lowest BCUT2D eigenvalue weighted by Gasteiger charge is -2.08. The molecule has 0 unspecified atom stereocenters. The Morgan fingerprint density at radius 3 is 2.81 bits per heavy atom. The predicted molar refractivity (Wildman–Crippen MR) is 82.1 cm³/mol. The Hall–Kier alpha value is -2.64. The number of carbonyl (C=O) groups is 1. The topological polar surface area (TPSA) is 62.2 Å². The summed E-state index contributed by atoms with van der Waals surface area (Å²) in [7, 11) is 0. The monoisotopic (exact) mass is 280 g/mol. The van der Waals surface area contributed by atoms with Gasteiger partial charge in [-0.3, -0.25) is 4.79 Å². The summed E-state index contributed by atoms with van der Waals surface area (Å²) in [5, 5.41) is 11.6. The molecule has 0 bridgehead atoms. The number of aliphatic hydroxyl groups is 1. The van der Waals surface area contributed by atoms with E-state index in [1.54, 1.807) is 18.2 Å². The molecule has 0 aliphatic heterocycles. The van der Waals surface area contributed by atoms with E-state index in [2.05, 4.69) is 22.1 Å². The van der Waals surface area contributed by atoms with Crippen LogP contribution in [-0.4, -0.2) is 22.6 Å². The molecule has 4 nitrogen and oxygen atoms in total. The van der Waals surface area contributed by atoms with E-state index in [0.29, 0.717) is 16.9 Å². The van der Waals surface area contributed by atoms with Gasteiger partial charge in [-0.15, -0.1) is 0 Å². The maximum absolute atomic E-state index is 12.4. The first-order valence-electron chi connectivity index (χ1n) is 6.55. The molecule has 0 saturated carbocycles. The zero-order valence-electron chi connectivity index (χ0n) is 12.0. The van der Waals surface area contributed by atoms with Crippen molar-refractivity contribution in [3.63, 3.8) is 0 Å². The average molecular weight is 280 g/mol. The fraction of sp³-hybridized carbons (Fsp3) is 0.176. The predicted octanol–water partition coefficient (Wildman–Crippen LogP) is 2.29. The Labute approximate surface area is 123 Å². The van der Waals surface area contributed by atoms with Gasteiger partial charge in [-0.05, 0) is 38.1 Å². The lowest BCUT2D eigenvalue weighted by molar-refractivity contribution is 0.102. The van der Waals surface area contributed by atoms with Gasteiger partial charge in [0.05, 0.1) is 5.56 Å². The lowest BCUT2D eigenvalue weighted by atomic mass is 10.0. The van der Waals surface area contributed by atoms with Crippen molar-refractivity contribution in [2.75, 3.05) is 11.9 Å². The number of hydrogen-bond donors (Lipinski definition) is 2. The van der Waals surface area contributed by atoms with Gasteiger partial charge in [-0.2, -0.15) is 0 Å². The second-order valence-electron chi connectivity index (χ2n) is 4.63. The van der Waals surface area contributed by atoms with Crippen LogP contribution in [0.5, 0.6) is 0 Å². The fourth-order valence-electron chi connectivity index (χ4n) is 1.89. The van der Waals surface area contributed by atoms with Gasteiger partial charge < -0.3 is 10.4 Å². The number of anilines is 1. The molecule has 0 radical (unpaired) electrons. The van der Waals surface area contributed by atoms with E-state index in [9.17, 15) is 4.79 Å². The van der Waals surface area contributed by atoms with Crippen molar-refractivity contribution in [3.8, 4) is 11.8 Å². The van der Waals surface area contributed by atoms with E-state index in [1.807, 2.05) is 32.0 Å². The van der Waals surface area contributed by atoms with Crippen LogP contribution in [0.25, 0.3) is 0 Å². The van der Waals surface area contributed by atoms with Gasteiger partial charge in [-0.25, -0.2) is 4.98 Å². The molecule has 1 amide bonds. The standard InChI is InChI=1S/C17H16N2O2/c1-12-8-9-14(6-4-10-20)15(11-12)17(21)19-16-7-3-5-13(2)18-16/h3,5,7-9,11,20H,10H2,1-2H3,(H,18,19,21). The largest absolute Gasteiger partial charge is 0.384 e. The molecule has 0 fully saturated rings. The maximum atomic E-state index is 12.4. The molecule has 106 valence electrons. The molecule has 2 rings (SSSR count). The first-order chi connectivity index (χ1) is 10.1. The third-order valence-electron chi connectivity index (χ3n) is 2.85. The average Bonchev–Trinajstić information content (AvgIpc) is 2.46. The van der Waals surface area contributed by atoms with Crippen molar-refractivity contribution in [3.05, 3.63) is 58.8 Å². The van der Waals surface area contributed by atoms with Crippen LogP contribution in [0.1, 0.15) is 27.2 Å². The van der Waals surface area contributed by atoms with Gasteiger partial charge in [0.25, 0.3) is 5.91 Å². The third-order valence-corrected chi connectivity index (χ3v) is 2.85. The maximum Gasteiger partial charge on any atom is 0.258 e. The summed E-state index contributed by atoms with van der Waals surface area (Å²) in [4.78, 5) is 16.6. The number of nitrogens with one attached hydrogen (secondary N) is 1. The van der Waals surface area contributed by atoms with E-state index in [4.69, 9.17) is 5.11 Å². The highest BCUT2D eigenvalue weighted by atomic mass is 16.2. The molecule has 0 aliphatic rings. The number of carbonyl (C=O) groups excluding carboxylic acids is 1. The summed E-state index contributed by atoms with van der Waals surface area (Å²) in [6, 6.07) is 10.9. The van der Waals surface area contributed by atoms with E-state index in [1.165, 1.54) is 0 Å². The molecule has 2 N–H and O–H groups in total. The summed E-state index contributed by atoms with van der Waals surface area (Å²) in [6.07, 6.45) is 0. The van der Waals surface area contributed by atoms with E-state index < -0.39 is 0 Å². The zero-order chi connectivity index (χ0) is 15.2. The van der Waals surface area contributed by atoms with Crippen LogP contribution in [0.3, 0.4) is 0 Å². The van der Waals surface area contributed by atoms with Crippen LogP contribution in [0.2, 0.25) is 0 Å². The highest BCUT2D eigenvalue weighted by molar-refractivity contribution is 6.05. The van der Waals surface area contributed by atoms with Crippen LogP contribution in [-0.2, 0) is 0 Å². The van der Waals surface area contributed by atoms with E-state index in [-0.39, 0.29) is 12.5 Å². The van der Waals surface area contributed by atoms with Crippen LogP contribution in [0, 0.1) is 25.7 Å². The molecule has 0 saturated heterocycles. The van der Waals surface area contributed by atoms with Crippen LogP contribution in [0.15, 0.2) is 36.4 Å². The molecular weight excluding hydrogens is 264 g/mol. The summed E-state index contributed by atoms with van der Waals surface area (Å²) in [5.74, 6) is 5.59.